The van der Waals surface area contributed by atoms with E-state index in [1.807, 2.05) is 13.8 Å². The van der Waals surface area contributed by atoms with Crippen molar-refractivity contribution in [1.29, 1.82) is 0 Å². The van der Waals surface area contributed by atoms with Crippen LogP contribution in [-0.2, 0) is 17.1 Å². The Bertz CT molecular complexity index is 1460. The van der Waals surface area contributed by atoms with E-state index >= 15 is 4.39 Å². The molecule has 172 valence electrons. The van der Waals surface area contributed by atoms with E-state index in [0.29, 0.717) is 27.9 Å². The van der Waals surface area contributed by atoms with Crippen LogP contribution in [0.15, 0.2) is 53.8 Å². The van der Waals surface area contributed by atoms with E-state index in [-0.39, 0.29) is 28.1 Å². The van der Waals surface area contributed by atoms with Gasteiger partial charge in [0.25, 0.3) is 10.0 Å². The van der Waals surface area contributed by atoms with Crippen LogP contribution < -0.4 is 15.2 Å². The summed E-state index contributed by atoms with van der Waals surface area (Å²) in [6.07, 6.45) is 2.97. The molecule has 2 aromatic heterocycles. The van der Waals surface area contributed by atoms with Gasteiger partial charge in [-0.25, -0.2) is 22.8 Å². The molecule has 4 aromatic rings. The summed E-state index contributed by atoms with van der Waals surface area (Å²) in [6, 6.07) is 9.00. The lowest BCUT2D eigenvalue weighted by atomic mass is 10.0. The zero-order chi connectivity index (χ0) is 23.9. The van der Waals surface area contributed by atoms with Gasteiger partial charge in [0.05, 0.1) is 22.1 Å². The van der Waals surface area contributed by atoms with Crippen LogP contribution in [0.1, 0.15) is 19.4 Å². The summed E-state index contributed by atoms with van der Waals surface area (Å²) in [5.74, 6) is 0.0707. The van der Waals surface area contributed by atoms with E-state index in [9.17, 15) is 8.42 Å². The van der Waals surface area contributed by atoms with Gasteiger partial charge >= 0.3 is 0 Å². The van der Waals surface area contributed by atoms with Gasteiger partial charge in [-0.05, 0) is 50.6 Å². The average Bonchev–Trinajstić information content (AvgIpc) is 3.08. The van der Waals surface area contributed by atoms with Crippen molar-refractivity contribution in [3.63, 3.8) is 0 Å². The Morgan fingerprint density at radius 2 is 1.91 bits per heavy atom. The Morgan fingerprint density at radius 3 is 2.61 bits per heavy atom. The van der Waals surface area contributed by atoms with Crippen molar-refractivity contribution >= 4 is 32.6 Å². The molecule has 0 aliphatic heterocycles. The van der Waals surface area contributed by atoms with Crippen LogP contribution in [-0.4, -0.2) is 29.1 Å². The van der Waals surface area contributed by atoms with E-state index in [1.54, 1.807) is 42.9 Å². The maximum absolute atomic E-state index is 15.5. The van der Waals surface area contributed by atoms with E-state index in [2.05, 4.69) is 14.7 Å². The molecule has 0 aliphatic rings. The summed E-state index contributed by atoms with van der Waals surface area (Å²) in [5.41, 5.74) is 7.69. The van der Waals surface area contributed by atoms with Crippen molar-refractivity contribution in [2.75, 3.05) is 10.5 Å². The van der Waals surface area contributed by atoms with Gasteiger partial charge in [0, 0.05) is 24.4 Å². The highest BCUT2D eigenvalue weighted by Gasteiger charge is 2.22. The van der Waals surface area contributed by atoms with Gasteiger partial charge in [-0.3, -0.25) is 4.72 Å². The molecule has 0 amide bonds. The number of halogens is 1. The van der Waals surface area contributed by atoms with Crippen molar-refractivity contribution in [2.45, 2.75) is 31.8 Å². The summed E-state index contributed by atoms with van der Waals surface area (Å²) < 4.78 is 51.2. The maximum atomic E-state index is 15.5. The first kappa shape index (κ1) is 22.5. The van der Waals surface area contributed by atoms with Crippen LogP contribution in [0.2, 0.25) is 0 Å². The molecule has 4 rings (SSSR count). The molecule has 2 aromatic carbocycles. The number of nitrogens with two attached hydrogens (primary N) is 1. The first-order valence-electron chi connectivity index (χ1n) is 10.2. The van der Waals surface area contributed by atoms with Gasteiger partial charge in [-0.2, -0.15) is 0 Å². The number of nitrogens with one attached hydrogen (secondary N) is 1. The van der Waals surface area contributed by atoms with Crippen molar-refractivity contribution in [3.8, 4) is 16.9 Å². The third kappa shape index (κ3) is 4.21. The van der Waals surface area contributed by atoms with Crippen LogP contribution in [0.3, 0.4) is 0 Å². The first-order valence-corrected chi connectivity index (χ1v) is 11.7. The lowest BCUT2D eigenvalue weighted by Crippen LogP contribution is -2.15. The molecule has 0 saturated heterocycles. The third-order valence-corrected chi connectivity index (χ3v) is 6.50. The van der Waals surface area contributed by atoms with E-state index in [4.69, 9.17) is 10.5 Å². The number of nitrogen functional groups attached to an aromatic ring is 1. The molecule has 3 N–H and O–H groups in total. The van der Waals surface area contributed by atoms with Crippen molar-refractivity contribution in [1.82, 2.24) is 14.5 Å². The van der Waals surface area contributed by atoms with E-state index in [0.717, 1.165) is 0 Å². The van der Waals surface area contributed by atoms with Crippen molar-refractivity contribution in [2.24, 2.45) is 7.05 Å². The highest BCUT2D eigenvalue weighted by atomic mass is 32.2. The highest BCUT2D eigenvalue weighted by Crippen LogP contribution is 2.36. The molecule has 33 heavy (non-hydrogen) atoms. The number of rotatable bonds is 6. The molecule has 0 fully saturated rings. The van der Waals surface area contributed by atoms with Crippen molar-refractivity contribution in [3.05, 3.63) is 60.3 Å². The Morgan fingerprint density at radius 1 is 1.15 bits per heavy atom. The second kappa shape index (κ2) is 8.36. The molecule has 0 atom stereocenters. The topological polar surface area (TPSA) is 112 Å². The predicted octanol–water partition coefficient (Wildman–Crippen LogP) is 4.25. The van der Waals surface area contributed by atoms with Crippen LogP contribution >= 0.6 is 0 Å². The molecule has 0 saturated carbocycles. The van der Waals surface area contributed by atoms with Gasteiger partial charge in [0.15, 0.2) is 5.82 Å². The van der Waals surface area contributed by atoms with E-state index < -0.39 is 15.8 Å². The van der Waals surface area contributed by atoms with Crippen LogP contribution in [0.5, 0.6) is 5.75 Å². The summed E-state index contributed by atoms with van der Waals surface area (Å²) >= 11 is 0. The first-order chi connectivity index (χ1) is 15.6. The molecular weight excluding hydrogens is 445 g/mol. The number of hydrogen-bond acceptors (Lipinski definition) is 6. The zero-order valence-electron chi connectivity index (χ0n) is 18.6. The molecule has 10 heteroatoms. The Balaban J connectivity index is 1.73. The Kier molecular flexibility index (Phi) is 5.71. The number of hydrogen-bond donors (Lipinski definition) is 2. The van der Waals surface area contributed by atoms with Gasteiger partial charge in [0.1, 0.15) is 23.5 Å². The zero-order valence-corrected chi connectivity index (χ0v) is 19.4. The molecule has 0 spiro atoms. The molecule has 0 unspecified atom stereocenters. The van der Waals surface area contributed by atoms with Gasteiger partial charge in [0.2, 0.25) is 0 Å². The lowest BCUT2D eigenvalue weighted by Gasteiger charge is -2.15. The molecule has 0 bridgehead atoms. The number of sulfonamides is 1. The minimum atomic E-state index is -4.05. The number of aryl methyl sites for hydroxylation is 2. The molecule has 0 radical (unpaired) electrons. The summed E-state index contributed by atoms with van der Waals surface area (Å²) in [6.45, 7) is 5.53. The SMILES string of the molecule is Cc1cc(S(=O)(=O)Nc2cccc(-c3cn(C)c4ncnc(N)c34)c2F)ccc1OC(C)C. The Labute approximate surface area is 191 Å². The quantitative estimate of drug-likeness (QED) is 0.437. The molecular formula is C23H24FN5O3S. The van der Waals surface area contributed by atoms with Gasteiger partial charge < -0.3 is 15.0 Å². The summed E-state index contributed by atoms with van der Waals surface area (Å²) in [5, 5.41) is 0.496. The fourth-order valence-electron chi connectivity index (χ4n) is 3.64. The predicted molar refractivity (Wildman–Crippen MR) is 126 cm³/mol. The summed E-state index contributed by atoms with van der Waals surface area (Å²) in [4.78, 5) is 8.20. The molecule has 0 aliphatic carbocycles. The number of nitrogens with zero attached hydrogens (tertiary/aromatic N) is 3. The minimum absolute atomic E-state index is 0.00344. The molecule has 2 heterocycles. The minimum Gasteiger partial charge on any atom is -0.491 e. The number of anilines is 2. The molecule has 8 nitrogen and oxygen atoms in total. The Hall–Kier alpha value is -3.66. The average molecular weight is 470 g/mol. The van der Waals surface area contributed by atoms with Crippen LogP contribution in [0, 0.1) is 12.7 Å². The van der Waals surface area contributed by atoms with Gasteiger partial charge in [-0.15, -0.1) is 0 Å². The lowest BCUT2D eigenvalue weighted by molar-refractivity contribution is 0.240. The smallest absolute Gasteiger partial charge is 0.262 e. The standard InChI is InChI=1S/C23H24FN5O3S/c1-13(2)32-19-9-8-15(10-14(19)3)33(30,31)28-18-7-5-6-16(21(18)24)17-11-29(4)23-20(17)22(25)26-12-27-23/h5-13,28H,1-4H3,(H2,25,26,27). The second-order valence-corrected chi connectivity index (χ2v) is 9.66. The second-order valence-electron chi connectivity index (χ2n) is 7.98. The van der Waals surface area contributed by atoms with Crippen LogP contribution in [0.4, 0.5) is 15.9 Å². The number of ether oxygens (including phenoxy) is 1. The van der Waals surface area contributed by atoms with Gasteiger partial charge in [-0.1, -0.05) is 12.1 Å². The highest BCUT2D eigenvalue weighted by molar-refractivity contribution is 7.92. The fourth-order valence-corrected chi connectivity index (χ4v) is 4.78. The largest absolute Gasteiger partial charge is 0.491 e. The van der Waals surface area contributed by atoms with Crippen molar-refractivity contribution < 1.29 is 17.5 Å². The van der Waals surface area contributed by atoms with E-state index in [1.165, 1.54) is 24.5 Å². The summed E-state index contributed by atoms with van der Waals surface area (Å²) in [7, 11) is -2.29. The number of aromatic nitrogens is 3. The normalized spacial score (nSPS) is 11.8. The maximum Gasteiger partial charge on any atom is 0.262 e. The monoisotopic (exact) mass is 469 g/mol. The fraction of sp³-hybridized carbons (Fsp3) is 0.217. The van der Waals surface area contributed by atoms with Crippen LogP contribution in [0.25, 0.3) is 22.2 Å². The third-order valence-electron chi connectivity index (χ3n) is 5.14. The number of fused-ring (bicyclic) bond motifs is 1. The number of benzene rings is 2.